The Labute approximate surface area is 196 Å². The molecule has 174 valence electrons. The maximum absolute atomic E-state index is 5.77. The predicted molar refractivity (Wildman–Crippen MR) is 131 cm³/mol. The third-order valence-electron chi connectivity index (χ3n) is 5.55. The van der Waals surface area contributed by atoms with Gasteiger partial charge in [0.1, 0.15) is 11.6 Å². The van der Waals surface area contributed by atoms with E-state index in [1.807, 2.05) is 30.3 Å². The summed E-state index contributed by atoms with van der Waals surface area (Å²) < 4.78 is 16.3. The monoisotopic (exact) mass is 459 g/mol. The molecule has 1 aliphatic rings. The second-order valence-electron chi connectivity index (χ2n) is 7.76. The molecule has 4 aromatic rings. The summed E-state index contributed by atoms with van der Waals surface area (Å²) in [4.78, 5) is 20.4. The normalized spacial score (nSPS) is 13.6. The Morgan fingerprint density at radius 3 is 2.47 bits per heavy atom. The van der Waals surface area contributed by atoms with Gasteiger partial charge in [-0.1, -0.05) is 0 Å². The van der Waals surface area contributed by atoms with Crippen LogP contribution in [0.25, 0.3) is 22.2 Å². The highest BCUT2D eigenvalue weighted by Gasteiger charge is 2.17. The van der Waals surface area contributed by atoms with Gasteiger partial charge in [-0.05, 0) is 24.3 Å². The van der Waals surface area contributed by atoms with Gasteiger partial charge in [0.15, 0.2) is 11.5 Å². The molecule has 0 unspecified atom stereocenters. The maximum atomic E-state index is 5.77. The molecule has 4 heterocycles. The molecule has 0 amide bonds. The van der Waals surface area contributed by atoms with Crippen LogP contribution < -0.4 is 25.4 Å². The number of morpholine rings is 1. The van der Waals surface area contributed by atoms with Gasteiger partial charge >= 0.3 is 0 Å². The molecule has 0 atom stereocenters. The minimum absolute atomic E-state index is 0.457. The minimum atomic E-state index is 0.457. The predicted octanol–water partition coefficient (Wildman–Crippen LogP) is 3.27. The first-order chi connectivity index (χ1) is 16.6. The first-order valence-corrected chi connectivity index (χ1v) is 10.9. The van der Waals surface area contributed by atoms with Crippen LogP contribution in [0.4, 0.5) is 23.3 Å². The van der Waals surface area contributed by atoms with Gasteiger partial charge in [0.25, 0.3) is 0 Å². The molecule has 1 aromatic carbocycles. The van der Waals surface area contributed by atoms with Crippen LogP contribution >= 0.6 is 0 Å². The van der Waals surface area contributed by atoms with Crippen LogP contribution in [0.1, 0.15) is 0 Å². The van der Waals surface area contributed by atoms with Crippen LogP contribution in [0.2, 0.25) is 0 Å². The SMILES string of the molecule is COc1cc2cc(Nc3cc(-c4ccc(N)nc4)nc(N4CCOCC4)n3)cnc2cc1OC. The third kappa shape index (κ3) is 4.48. The maximum Gasteiger partial charge on any atom is 0.228 e. The summed E-state index contributed by atoms with van der Waals surface area (Å²) in [6.45, 7) is 2.73. The first-order valence-electron chi connectivity index (χ1n) is 10.9. The minimum Gasteiger partial charge on any atom is -0.493 e. The number of nitrogens with two attached hydrogens (primary N) is 1. The molecule has 1 fully saturated rings. The van der Waals surface area contributed by atoms with Crippen LogP contribution in [0, 0.1) is 0 Å². The molecule has 0 bridgehead atoms. The van der Waals surface area contributed by atoms with Crippen molar-refractivity contribution in [2.75, 3.05) is 56.5 Å². The van der Waals surface area contributed by atoms with Crippen molar-refractivity contribution in [1.82, 2.24) is 19.9 Å². The summed E-state index contributed by atoms with van der Waals surface area (Å²) >= 11 is 0. The molecule has 10 nitrogen and oxygen atoms in total. The van der Waals surface area contributed by atoms with E-state index in [4.69, 9.17) is 29.9 Å². The Morgan fingerprint density at radius 2 is 1.74 bits per heavy atom. The van der Waals surface area contributed by atoms with Gasteiger partial charge in [-0.3, -0.25) is 4.98 Å². The zero-order valence-corrected chi connectivity index (χ0v) is 19.0. The number of nitrogens with one attached hydrogen (secondary N) is 1. The number of hydrogen-bond donors (Lipinski definition) is 2. The largest absolute Gasteiger partial charge is 0.493 e. The number of pyridine rings is 2. The number of fused-ring (bicyclic) bond motifs is 1. The molecule has 3 aromatic heterocycles. The summed E-state index contributed by atoms with van der Waals surface area (Å²) in [5, 5.41) is 4.28. The second-order valence-corrected chi connectivity index (χ2v) is 7.76. The first kappa shape index (κ1) is 21.7. The van der Waals surface area contributed by atoms with E-state index in [9.17, 15) is 0 Å². The van der Waals surface area contributed by atoms with Crippen molar-refractivity contribution in [3.63, 3.8) is 0 Å². The molecule has 10 heteroatoms. The van der Waals surface area contributed by atoms with Crippen LogP contribution in [0.5, 0.6) is 11.5 Å². The van der Waals surface area contributed by atoms with E-state index in [1.54, 1.807) is 32.7 Å². The fourth-order valence-electron chi connectivity index (χ4n) is 3.78. The van der Waals surface area contributed by atoms with E-state index in [-0.39, 0.29) is 0 Å². The van der Waals surface area contributed by atoms with Crippen LogP contribution in [-0.4, -0.2) is 60.5 Å². The molecule has 3 N–H and O–H groups in total. The quantitative estimate of drug-likeness (QED) is 0.444. The Morgan fingerprint density at radius 1 is 0.941 bits per heavy atom. The summed E-state index contributed by atoms with van der Waals surface area (Å²) in [7, 11) is 3.22. The lowest BCUT2D eigenvalue weighted by atomic mass is 10.2. The summed E-state index contributed by atoms with van der Waals surface area (Å²) in [6.07, 6.45) is 3.47. The lowest BCUT2D eigenvalue weighted by Gasteiger charge is -2.27. The molecule has 0 spiro atoms. The highest BCUT2D eigenvalue weighted by atomic mass is 16.5. The van der Waals surface area contributed by atoms with Crippen molar-refractivity contribution in [2.45, 2.75) is 0 Å². The number of nitrogen functional groups attached to an aromatic ring is 1. The zero-order chi connectivity index (χ0) is 23.5. The van der Waals surface area contributed by atoms with E-state index in [2.05, 4.69) is 20.2 Å². The van der Waals surface area contributed by atoms with Gasteiger partial charge in [0.2, 0.25) is 5.95 Å². The van der Waals surface area contributed by atoms with Crippen molar-refractivity contribution in [3.8, 4) is 22.8 Å². The fourth-order valence-corrected chi connectivity index (χ4v) is 3.78. The van der Waals surface area contributed by atoms with E-state index in [0.717, 1.165) is 40.9 Å². The van der Waals surface area contributed by atoms with Crippen molar-refractivity contribution in [3.05, 3.63) is 48.8 Å². The fraction of sp³-hybridized carbons (Fsp3) is 0.250. The average Bonchev–Trinajstić information content (AvgIpc) is 2.88. The van der Waals surface area contributed by atoms with Gasteiger partial charge in [0, 0.05) is 42.4 Å². The van der Waals surface area contributed by atoms with Crippen LogP contribution in [0.15, 0.2) is 48.8 Å². The number of rotatable bonds is 6. The zero-order valence-electron chi connectivity index (χ0n) is 19.0. The van der Waals surface area contributed by atoms with Crippen molar-refractivity contribution in [2.24, 2.45) is 0 Å². The van der Waals surface area contributed by atoms with Gasteiger partial charge in [-0.2, -0.15) is 4.98 Å². The van der Waals surface area contributed by atoms with Crippen LogP contribution in [0.3, 0.4) is 0 Å². The van der Waals surface area contributed by atoms with Crippen molar-refractivity contribution in [1.29, 1.82) is 0 Å². The molecule has 0 aliphatic carbocycles. The van der Waals surface area contributed by atoms with E-state index < -0.39 is 0 Å². The van der Waals surface area contributed by atoms with E-state index in [1.165, 1.54) is 0 Å². The summed E-state index contributed by atoms with van der Waals surface area (Å²) in [6, 6.07) is 11.3. The molecular weight excluding hydrogens is 434 g/mol. The van der Waals surface area contributed by atoms with Gasteiger partial charge in [-0.25, -0.2) is 9.97 Å². The van der Waals surface area contributed by atoms with Gasteiger partial charge < -0.3 is 30.2 Å². The number of ether oxygens (including phenoxy) is 3. The standard InChI is InChI=1S/C24H25N7O3/c1-32-20-10-16-9-17(14-26-18(16)11-21(20)33-2)28-23-12-19(15-3-4-22(25)27-13-15)29-24(30-23)31-5-7-34-8-6-31/h3-4,9-14H,5-8H2,1-2H3,(H2,25,27)(H,28,29,30). The lowest BCUT2D eigenvalue weighted by molar-refractivity contribution is 0.122. The highest BCUT2D eigenvalue weighted by molar-refractivity contribution is 5.86. The molecule has 1 aliphatic heterocycles. The summed E-state index contributed by atoms with van der Waals surface area (Å²) in [5.41, 5.74) is 8.94. The Bertz CT molecular complexity index is 1310. The average molecular weight is 460 g/mol. The number of hydrogen-bond acceptors (Lipinski definition) is 10. The van der Waals surface area contributed by atoms with Gasteiger partial charge in [0.05, 0.1) is 50.5 Å². The van der Waals surface area contributed by atoms with Crippen molar-refractivity contribution >= 4 is 34.2 Å². The highest BCUT2D eigenvalue weighted by Crippen LogP contribution is 2.33. The van der Waals surface area contributed by atoms with Crippen molar-refractivity contribution < 1.29 is 14.2 Å². The number of anilines is 4. The number of benzene rings is 1. The third-order valence-corrected chi connectivity index (χ3v) is 5.55. The molecule has 0 radical (unpaired) electrons. The number of aromatic nitrogens is 4. The van der Waals surface area contributed by atoms with E-state index in [0.29, 0.717) is 42.3 Å². The number of methoxy groups -OCH3 is 2. The van der Waals surface area contributed by atoms with Crippen LogP contribution in [-0.2, 0) is 4.74 Å². The molecule has 5 rings (SSSR count). The summed E-state index contributed by atoms with van der Waals surface area (Å²) in [5.74, 6) is 3.00. The Kier molecular flexibility index (Phi) is 5.96. The molecule has 34 heavy (non-hydrogen) atoms. The Hall–Kier alpha value is -4.18. The Balaban J connectivity index is 1.52. The topological polar surface area (TPSA) is 121 Å². The second kappa shape index (κ2) is 9.36. The molecule has 1 saturated heterocycles. The van der Waals surface area contributed by atoms with E-state index >= 15 is 0 Å². The van der Waals surface area contributed by atoms with Gasteiger partial charge in [-0.15, -0.1) is 0 Å². The molecule has 0 saturated carbocycles. The lowest BCUT2D eigenvalue weighted by Crippen LogP contribution is -2.37. The smallest absolute Gasteiger partial charge is 0.228 e. The molecular formula is C24H25N7O3. The number of nitrogens with zero attached hydrogens (tertiary/aromatic N) is 5.